The second kappa shape index (κ2) is 5.61. The monoisotopic (exact) mass is 248 g/mol. The van der Waals surface area contributed by atoms with Crippen molar-refractivity contribution < 1.29 is 4.74 Å². The van der Waals surface area contributed by atoms with Crippen molar-refractivity contribution in [3.8, 4) is 5.75 Å². The Kier molecular flexibility index (Phi) is 4.12. The Balaban J connectivity index is 1.88. The highest BCUT2D eigenvalue weighted by molar-refractivity contribution is 5.48. The number of hydrogen-bond acceptors (Lipinski definition) is 3. The highest BCUT2D eigenvalue weighted by Gasteiger charge is 2.28. The summed E-state index contributed by atoms with van der Waals surface area (Å²) in [5.74, 6) is 0.901. The molecule has 0 saturated heterocycles. The summed E-state index contributed by atoms with van der Waals surface area (Å²) in [6.07, 6.45) is 6.04. The molecule has 0 atom stereocenters. The van der Waals surface area contributed by atoms with Crippen LogP contribution >= 0.6 is 0 Å². The summed E-state index contributed by atoms with van der Waals surface area (Å²) in [6.45, 7) is 1.02. The zero-order valence-corrected chi connectivity index (χ0v) is 11.5. The van der Waals surface area contributed by atoms with Gasteiger partial charge in [-0.2, -0.15) is 0 Å². The van der Waals surface area contributed by atoms with Crippen LogP contribution in [0.25, 0.3) is 0 Å². The van der Waals surface area contributed by atoms with Crippen LogP contribution in [0.1, 0.15) is 32.1 Å². The van der Waals surface area contributed by atoms with Crippen molar-refractivity contribution in [2.75, 3.05) is 25.6 Å². The maximum absolute atomic E-state index is 6.38. The molecule has 3 heteroatoms. The van der Waals surface area contributed by atoms with Gasteiger partial charge in [0, 0.05) is 24.8 Å². The predicted octanol–water partition coefficient (Wildman–Crippen LogP) is 2.79. The fourth-order valence-corrected chi connectivity index (χ4v) is 2.69. The summed E-state index contributed by atoms with van der Waals surface area (Å²) in [5, 5.41) is 0. The second-order valence-corrected chi connectivity index (χ2v) is 5.44. The standard InChI is InChI=1S/C15H24N2O/c1-17(12-11-15(16)9-3-4-10-15)13-5-7-14(18-2)8-6-13/h5-8H,3-4,9-12,16H2,1-2H3. The van der Waals surface area contributed by atoms with E-state index in [4.69, 9.17) is 10.5 Å². The molecular formula is C15H24N2O. The zero-order valence-electron chi connectivity index (χ0n) is 11.5. The zero-order chi connectivity index (χ0) is 13.0. The molecule has 0 unspecified atom stereocenters. The van der Waals surface area contributed by atoms with Gasteiger partial charge in [0.25, 0.3) is 0 Å². The van der Waals surface area contributed by atoms with E-state index in [1.807, 2.05) is 12.1 Å². The van der Waals surface area contributed by atoms with Crippen molar-refractivity contribution in [2.45, 2.75) is 37.6 Å². The average Bonchev–Trinajstić information content (AvgIpc) is 2.83. The fourth-order valence-electron chi connectivity index (χ4n) is 2.69. The lowest BCUT2D eigenvalue weighted by Gasteiger charge is -2.28. The first-order valence-corrected chi connectivity index (χ1v) is 6.77. The quantitative estimate of drug-likeness (QED) is 0.871. The van der Waals surface area contributed by atoms with Gasteiger partial charge >= 0.3 is 0 Å². The van der Waals surface area contributed by atoms with E-state index in [1.165, 1.54) is 31.4 Å². The molecule has 0 aliphatic heterocycles. The van der Waals surface area contributed by atoms with E-state index in [0.717, 1.165) is 18.7 Å². The van der Waals surface area contributed by atoms with Crippen molar-refractivity contribution in [1.29, 1.82) is 0 Å². The Morgan fingerprint density at radius 1 is 1.22 bits per heavy atom. The Bertz CT molecular complexity index is 369. The van der Waals surface area contributed by atoms with Gasteiger partial charge in [-0.1, -0.05) is 12.8 Å². The molecule has 0 heterocycles. The van der Waals surface area contributed by atoms with E-state index in [9.17, 15) is 0 Å². The number of anilines is 1. The lowest BCUT2D eigenvalue weighted by molar-refractivity contribution is 0.408. The van der Waals surface area contributed by atoms with Gasteiger partial charge in [-0.25, -0.2) is 0 Å². The molecule has 1 aromatic carbocycles. The van der Waals surface area contributed by atoms with Crippen molar-refractivity contribution in [3.63, 3.8) is 0 Å². The molecule has 0 spiro atoms. The molecule has 1 aliphatic rings. The first-order valence-electron chi connectivity index (χ1n) is 6.77. The number of methoxy groups -OCH3 is 1. The van der Waals surface area contributed by atoms with Gasteiger partial charge in [0.1, 0.15) is 5.75 Å². The van der Waals surface area contributed by atoms with Crippen LogP contribution in [0.3, 0.4) is 0 Å². The van der Waals surface area contributed by atoms with E-state index in [0.29, 0.717) is 0 Å². The van der Waals surface area contributed by atoms with E-state index in [2.05, 4.69) is 24.1 Å². The molecule has 0 amide bonds. The number of nitrogens with zero attached hydrogens (tertiary/aromatic N) is 1. The summed E-state index contributed by atoms with van der Waals surface area (Å²) in [7, 11) is 3.82. The number of ether oxygens (including phenoxy) is 1. The molecule has 2 rings (SSSR count). The minimum Gasteiger partial charge on any atom is -0.497 e. The van der Waals surface area contributed by atoms with Crippen molar-refractivity contribution in [3.05, 3.63) is 24.3 Å². The van der Waals surface area contributed by atoms with Crippen LogP contribution in [-0.4, -0.2) is 26.2 Å². The van der Waals surface area contributed by atoms with Crippen molar-refractivity contribution in [2.24, 2.45) is 5.73 Å². The lowest BCUT2D eigenvalue weighted by Crippen LogP contribution is -2.39. The van der Waals surface area contributed by atoms with Crippen LogP contribution in [0.5, 0.6) is 5.75 Å². The van der Waals surface area contributed by atoms with Crippen LogP contribution in [-0.2, 0) is 0 Å². The predicted molar refractivity (Wildman–Crippen MR) is 76.3 cm³/mol. The minimum atomic E-state index is 0.0841. The number of rotatable bonds is 5. The van der Waals surface area contributed by atoms with Crippen LogP contribution in [0.2, 0.25) is 0 Å². The topological polar surface area (TPSA) is 38.5 Å². The molecule has 1 saturated carbocycles. The van der Waals surface area contributed by atoms with Crippen molar-refractivity contribution >= 4 is 5.69 Å². The normalized spacial score (nSPS) is 17.7. The van der Waals surface area contributed by atoms with Crippen LogP contribution in [0.15, 0.2) is 24.3 Å². The summed E-state index contributed by atoms with van der Waals surface area (Å²) in [5.41, 5.74) is 7.69. The molecule has 0 radical (unpaired) electrons. The highest BCUT2D eigenvalue weighted by atomic mass is 16.5. The van der Waals surface area contributed by atoms with Gasteiger partial charge in [0.15, 0.2) is 0 Å². The molecule has 1 aliphatic carbocycles. The average molecular weight is 248 g/mol. The summed E-state index contributed by atoms with van der Waals surface area (Å²) in [4.78, 5) is 2.27. The molecular weight excluding hydrogens is 224 g/mol. The smallest absolute Gasteiger partial charge is 0.119 e. The van der Waals surface area contributed by atoms with Gasteiger partial charge in [-0.15, -0.1) is 0 Å². The van der Waals surface area contributed by atoms with Crippen LogP contribution in [0.4, 0.5) is 5.69 Å². The summed E-state index contributed by atoms with van der Waals surface area (Å²) < 4.78 is 5.17. The molecule has 3 nitrogen and oxygen atoms in total. The summed E-state index contributed by atoms with van der Waals surface area (Å²) in [6, 6.07) is 8.19. The maximum atomic E-state index is 6.38. The molecule has 100 valence electrons. The molecule has 2 N–H and O–H groups in total. The van der Waals surface area contributed by atoms with Gasteiger partial charge in [-0.05, 0) is 43.5 Å². The van der Waals surface area contributed by atoms with E-state index < -0.39 is 0 Å². The van der Waals surface area contributed by atoms with E-state index in [-0.39, 0.29) is 5.54 Å². The van der Waals surface area contributed by atoms with Gasteiger partial charge in [-0.3, -0.25) is 0 Å². The lowest BCUT2D eigenvalue weighted by atomic mass is 9.94. The Hall–Kier alpha value is -1.22. The third-order valence-corrected chi connectivity index (χ3v) is 4.06. The van der Waals surface area contributed by atoms with Gasteiger partial charge in [0.05, 0.1) is 7.11 Å². The fraction of sp³-hybridized carbons (Fsp3) is 0.600. The largest absolute Gasteiger partial charge is 0.497 e. The van der Waals surface area contributed by atoms with Gasteiger partial charge in [0.2, 0.25) is 0 Å². The number of hydrogen-bond donors (Lipinski definition) is 1. The second-order valence-electron chi connectivity index (χ2n) is 5.44. The first kappa shape index (κ1) is 13.2. The SMILES string of the molecule is COc1ccc(N(C)CCC2(N)CCCC2)cc1. The molecule has 0 bridgehead atoms. The molecule has 1 aromatic rings. The van der Waals surface area contributed by atoms with Gasteiger partial charge < -0.3 is 15.4 Å². The van der Waals surface area contributed by atoms with E-state index in [1.54, 1.807) is 7.11 Å². The Morgan fingerprint density at radius 2 is 1.83 bits per heavy atom. The molecule has 1 fully saturated rings. The molecule has 0 aromatic heterocycles. The minimum absolute atomic E-state index is 0.0841. The Labute approximate surface area is 110 Å². The number of nitrogens with two attached hydrogens (primary N) is 1. The first-order chi connectivity index (χ1) is 8.63. The maximum Gasteiger partial charge on any atom is 0.119 e. The number of benzene rings is 1. The summed E-state index contributed by atoms with van der Waals surface area (Å²) >= 11 is 0. The Morgan fingerprint density at radius 3 is 2.39 bits per heavy atom. The van der Waals surface area contributed by atoms with Crippen molar-refractivity contribution in [1.82, 2.24) is 0 Å². The van der Waals surface area contributed by atoms with Crippen LogP contribution in [0, 0.1) is 0 Å². The third-order valence-electron chi connectivity index (χ3n) is 4.06. The van der Waals surface area contributed by atoms with Crippen LogP contribution < -0.4 is 15.4 Å². The third kappa shape index (κ3) is 3.16. The molecule has 18 heavy (non-hydrogen) atoms. The highest BCUT2D eigenvalue weighted by Crippen LogP contribution is 2.30. The van der Waals surface area contributed by atoms with E-state index >= 15 is 0 Å².